The second-order valence-electron chi connectivity index (χ2n) is 3.87. The number of thioether (sulfide) groups is 1. The van der Waals surface area contributed by atoms with Crippen molar-refractivity contribution in [2.75, 3.05) is 42.8 Å². The van der Waals surface area contributed by atoms with Crippen molar-refractivity contribution in [2.24, 2.45) is 0 Å². The molecule has 4 nitrogen and oxygen atoms in total. The Hall–Kier alpha value is 0.220. The molecule has 0 bridgehead atoms. The highest BCUT2D eigenvalue weighted by Crippen LogP contribution is 2.12. The molecule has 0 spiro atoms. The lowest BCUT2D eigenvalue weighted by atomic mass is 10.3. The summed E-state index contributed by atoms with van der Waals surface area (Å²) in [6.07, 6.45) is 0. The van der Waals surface area contributed by atoms with E-state index in [1.54, 1.807) is 0 Å². The molecule has 1 unspecified atom stereocenters. The largest absolute Gasteiger partial charge is 0.303 e. The van der Waals surface area contributed by atoms with E-state index in [-0.39, 0.29) is 0 Å². The SMILES string of the molecule is O=S1(=O)CCN(CC2CSCN2)CC1. The van der Waals surface area contributed by atoms with Gasteiger partial charge < -0.3 is 5.32 Å². The molecule has 0 aliphatic carbocycles. The van der Waals surface area contributed by atoms with Crippen LogP contribution in [0.1, 0.15) is 0 Å². The molecule has 0 amide bonds. The van der Waals surface area contributed by atoms with Crippen LogP contribution in [0.4, 0.5) is 0 Å². The van der Waals surface area contributed by atoms with Gasteiger partial charge in [0.25, 0.3) is 0 Å². The summed E-state index contributed by atoms with van der Waals surface area (Å²) in [6, 6.07) is 0.556. The van der Waals surface area contributed by atoms with E-state index in [4.69, 9.17) is 0 Å². The fraction of sp³-hybridized carbons (Fsp3) is 1.00. The minimum Gasteiger partial charge on any atom is -0.303 e. The molecular formula is C8H16N2O2S2. The van der Waals surface area contributed by atoms with Crippen LogP contribution in [0.5, 0.6) is 0 Å². The van der Waals surface area contributed by atoms with E-state index >= 15 is 0 Å². The normalized spacial score (nSPS) is 33.3. The third kappa shape index (κ3) is 2.85. The molecule has 14 heavy (non-hydrogen) atoms. The lowest BCUT2D eigenvalue weighted by Crippen LogP contribution is -2.46. The zero-order valence-electron chi connectivity index (χ0n) is 8.11. The van der Waals surface area contributed by atoms with Crippen molar-refractivity contribution in [1.82, 2.24) is 10.2 Å². The van der Waals surface area contributed by atoms with Gasteiger partial charge in [-0.25, -0.2) is 8.42 Å². The Morgan fingerprint density at radius 1 is 1.36 bits per heavy atom. The Morgan fingerprint density at radius 2 is 2.07 bits per heavy atom. The van der Waals surface area contributed by atoms with Gasteiger partial charge in [-0.2, -0.15) is 0 Å². The Bertz CT molecular complexity index is 272. The van der Waals surface area contributed by atoms with Crippen LogP contribution in [-0.2, 0) is 9.84 Å². The summed E-state index contributed by atoms with van der Waals surface area (Å²) in [7, 11) is -2.72. The maximum Gasteiger partial charge on any atom is 0.152 e. The molecule has 2 fully saturated rings. The molecule has 0 aromatic heterocycles. The summed E-state index contributed by atoms with van der Waals surface area (Å²) in [5.41, 5.74) is 0. The summed E-state index contributed by atoms with van der Waals surface area (Å²) in [5, 5.41) is 3.40. The topological polar surface area (TPSA) is 49.4 Å². The smallest absolute Gasteiger partial charge is 0.152 e. The van der Waals surface area contributed by atoms with Crippen LogP contribution in [-0.4, -0.2) is 62.1 Å². The molecule has 0 aromatic carbocycles. The van der Waals surface area contributed by atoms with E-state index in [1.165, 1.54) is 0 Å². The second kappa shape index (κ2) is 4.38. The van der Waals surface area contributed by atoms with Gasteiger partial charge in [-0.05, 0) is 0 Å². The predicted molar refractivity (Wildman–Crippen MR) is 59.3 cm³/mol. The van der Waals surface area contributed by atoms with Crippen molar-refractivity contribution in [2.45, 2.75) is 6.04 Å². The van der Waals surface area contributed by atoms with Crippen LogP contribution in [0.15, 0.2) is 0 Å². The van der Waals surface area contributed by atoms with E-state index in [0.29, 0.717) is 30.6 Å². The first-order valence-corrected chi connectivity index (χ1v) is 7.87. The summed E-state index contributed by atoms with van der Waals surface area (Å²) in [6.45, 7) is 2.43. The average Bonchev–Trinajstić information content (AvgIpc) is 2.61. The van der Waals surface area contributed by atoms with Gasteiger partial charge in [-0.1, -0.05) is 0 Å². The molecule has 1 atom stereocenters. The number of hydrogen-bond donors (Lipinski definition) is 1. The van der Waals surface area contributed by atoms with Crippen molar-refractivity contribution < 1.29 is 8.42 Å². The van der Waals surface area contributed by atoms with Gasteiger partial charge in [0.1, 0.15) is 0 Å². The number of sulfone groups is 1. The Morgan fingerprint density at radius 3 is 2.64 bits per heavy atom. The average molecular weight is 236 g/mol. The molecule has 2 aliphatic rings. The number of hydrogen-bond acceptors (Lipinski definition) is 5. The van der Waals surface area contributed by atoms with Gasteiger partial charge in [0.2, 0.25) is 0 Å². The first-order valence-electron chi connectivity index (χ1n) is 4.90. The van der Waals surface area contributed by atoms with Crippen molar-refractivity contribution in [1.29, 1.82) is 0 Å². The Balaban J connectivity index is 1.78. The number of nitrogens with zero attached hydrogens (tertiary/aromatic N) is 1. The van der Waals surface area contributed by atoms with E-state index in [9.17, 15) is 8.42 Å². The Labute approximate surface area is 89.3 Å². The van der Waals surface area contributed by atoms with E-state index < -0.39 is 9.84 Å². The molecule has 1 N–H and O–H groups in total. The molecule has 2 saturated heterocycles. The molecule has 0 aromatic rings. The predicted octanol–water partition coefficient (Wildman–Crippen LogP) is -0.621. The molecule has 82 valence electrons. The van der Waals surface area contributed by atoms with Gasteiger partial charge in [-0.15, -0.1) is 11.8 Å². The highest BCUT2D eigenvalue weighted by molar-refractivity contribution is 7.99. The first-order chi connectivity index (χ1) is 6.66. The molecular weight excluding hydrogens is 220 g/mol. The minimum absolute atomic E-state index is 0.340. The third-order valence-electron chi connectivity index (χ3n) is 2.71. The zero-order chi connectivity index (χ0) is 10.0. The van der Waals surface area contributed by atoms with Crippen LogP contribution >= 0.6 is 11.8 Å². The van der Waals surface area contributed by atoms with Gasteiger partial charge >= 0.3 is 0 Å². The van der Waals surface area contributed by atoms with Gasteiger partial charge in [-0.3, -0.25) is 4.90 Å². The molecule has 0 saturated carbocycles. The molecule has 0 radical (unpaired) electrons. The third-order valence-corrected chi connectivity index (χ3v) is 5.33. The first kappa shape index (κ1) is 10.7. The summed E-state index contributed by atoms with van der Waals surface area (Å²) >= 11 is 1.91. The second-order valence-corrected chi connectivity index (χ2v) is 7.20. The number of rotatable bonds is 2. The lowest BCUT2D eigenvalue weighted by Gasteiger charge is -2.28. The molecule has 2 rings (SSSR count). The van der Waals surface area contributed by atoms with Crippen molar-refractivity contribution in [3.8, 4) is 0 Å². The number of nitrogens with one attached hydrogen (secondary N) is 1. The maximum atomic E-state index is 11.2. The minimum atomic E-state index is -2.72. The van der Waals surface area contributed by atoms with Crippen LogP contribution in [0, 0.1) is 0 Å². The zero-order valence-corrected chi connectivity index (χ0v) is 9.74. The van der Waals surface area contributed by atoms with Crippen molar-refractivity contribution in [3.63, 3.8) is 0 Å². The maximum absolute atomic E-state index is 11.2. The monoisotopic (exact) mass is 236 g/mol. The van der Waals surface area contributed by atoms with Crippen LogP contribution in [0.3, 0.4) is 0 Å². The summed E-state index contributed by atoms with van der Waals surface area (Å²) in [4.78, 5) is 2.25. The van der Waals surface area contributed by atoms with Crippen molar-refractivity contribution in [3.05, 3.63) is 0 Å². The highest BCUT2D eigenvalue weighted by atomic mass is 32.2. The van der Waals surface area contributed by atoms with Gasteiger partial charge in [0, 0.05) is 37.3 Å². The highest BCUT2D eigenvalue weighted by Gasteiger charge is 2.24. The fourth-order valence-corrected chi connectivity index (χ4v) is 4.05. The van der Waals surface area contributed by atoms with Gasteiger partial charge in [0.05, 0.1) is 11.5 Å². The van der Waals surface area contributed by atoms with Crippen LogP contribution < -0.4 is 5.32 Å². The van der Waals surface area contributed by atoms with Crippen LogP contribution in [0.2, 0.25) is 0 Å². The summed E-state index contributed by atoms with van der Waals surface area (Å²) < 4.78 is 22.4. The molecule has 6 heteroatoms. The van der Waals surface area contributed by atoms with E-state index in [1.807, 2.05) is 11.8 Å². The Kier molecular flexibility index (Phi) is 3.36. The van der Waals surface area contributed by atoms with E-state index in [0.717, 1.165) is 18.2 Å². The lowest BCUT2D eigenvalue weighted by molar-refractivity contribution is 0.273. The van der Waals surface area contributed by atoms with Crippen LogP contribution in [0.25, 0.3) is 0 Å². The molecule has 2 heterocycles. The fourth-order valence-electron chi connectivity index (χ4n) is 1.80. The standard InChI is InChI=1S/C8H16N2O2S2/c11-14(12)3-1-10(2-4-14)5-8-6-13-7-9-8/h8-9H,1-7H2. The van der Waals surface area contributed by atoms with Gasteiger partial charge in [0.15, 0.2) is 9.84 Å². The summed E-state index contributed by atoms with van der Waals surface area (Å²) in [5.74, 6) is 2.87. The van der Waals surface area contributed by atoms with Crippen molar-refractivity contribution >= 4 is 21.6 Å². The molecule has 2 aliphatic heterocycles. The van der Waals surface area contributed by atoms with E-state index in [2.05, 4.69) is 10.2 Å². The quantitative estimate of drug-likeness (QED) is 0.692.